The molecule has 0 saturated heterocycles. The van der Waals surface area contributed by atoms with Gasteiger partial charge in [0.1, 0.15) is 5.82 Å². The van der Waals surface area contributed by atoms with Crippen molar-refractivity contribution in [1.82, 2.24) is 5.32 Å². The highest BCUT2D eigenvalue weighted by atomic mass is 19.4. The number of methoxy groups -OCH3 is 2. The Morgan fingerprint density at radius 2 is 1.90 bits per heavy atom. The summed E-state index contributed by atoms with van der Waals surface area (Å²) in [6.07, 6.45) is -5.58. The lowest BCUT2D eigenvalue weighted by Crippen LogP contribution is -2.34. The number of ether oxygens (including phenoxy) is 2. The number of nitrogens with one attached hydrogen (secondary N) is 1. The molecular formula is C12H13F4NO3. The summed E-state index contributed by atoms with van der Waals surface area (Å²) in [6.45, 7) is -0.0510. The van der Waals surface area contributed by atoms with Gasteiger partial charge in [-0.25, -0.2) is 4.39 Å². The summed E-state index contributed by atoms with van der Waals surface area (Å²) >= 11 is 0. The van der Waals surface area contributed by atoms with Crippen LogP contribution in [0.2, 0.25) is 0 Å². The Balaban J connectivity index is 2.84. The van der Waals surface area contributed by atoms with Gasteiger partial charge < -0.3 is 14.8 Å². The number of alkyl halides is 3. The Hall–Kier alpha value is -1.67. The molecule has 0 aliphatic rings. The first-order chi connectivity index (χ1) is 9.29. The molecule has 0 radical (unpaired) electrons. The zero-order valence-corrected chi connectivity index (χ0v) is 10.8. The van der Waals surface area contributed by atoms with E-state index in [0.29, 0.717) is 12.1 Å². The molecule has 1 aromatic rings. The molecule has 0 aliphatic carbocycles. The molecule has 1 aromatic carbocycles. The van der Waals surface area contributed by atoms with Crippen molar-refractivity contribution in [2.24, 2.45) is 0 Å². The Morgan fingerprint density at radius 3 is 2.40 bits per heavy atom. The fourth-order valence-electron chi connectivity index (χ4n) is 1.42. The molecule has 0 aliphatic heterocycles. The minimum absolute atomic E-state index is 0.0510. The van der Waals surface area contributed by atoms with Crippen LogP contribution in [-0.2, 0) is 15.7 Å². The molecule has 8 heteroatoms. The van der Waals surface area contributed by atoms with Crippen LogP contribution in [-0.4, -0.2) is 33.0 Å². The molecule has 0 aromatic heterocycles. The van der Waals surface area contributed by atoms with Crippen LogP contribution in [0.3, 0.4) is 0 Å². The second-order valence-electron chi connectivity index (χ2n) is 3.80. The highest BCUT2D eigenvalue weighted by Crippen LogP contribution is 2.31. The lowest BCUT2D eigenvalue weighted by atomic mass is 10.1. The zero-order valence-electron chi connectivity index (χ0n) is 10.8. The van der Waals surface area contributed by atoms with E-state index >= 15 is 0 Å². The van der Waals surface area contributed by atoms with Gasteiger partial charge in [0.2, 0.25) is 0 Å². The summed E-state index contributed by atoms with van der Waals surface area (Å²) in [7, 11) is 2.69. The van der Waals surface area contributed by atoms with Crippen LogP contribution in [0, 0.1) is 5.82 Å². The van der Waals surface area contributed by atoms with Gasteiger partial charge in [0.15, 0.2) is 6.29 Å². The number of benzene rings is 1. The Morgan fingerprint density at radius 1 is 1.30 bits per heavy atom. The molecule has 0 saturated carbocycles. The van der Waals surface area contributed by atoms with E-state index < -0.39 is 29.8 Å². The molecule has 1 amide bonds. The summed E-state index contributed by atoms with van der Waals surface area (Å²) < 4.78 is 60.2. The zero-order chi connectivity index (χ0) is 15.3. The van der Waals surface area contributed by atoms with E-state index in [9.17, 15) is 22.4 Å². The van der Waals surface area contributed by atoms with Gasteiger partial charge in [-0.3, -0.25) is 4.79 Å². The molecule has 0 fully saturated rings. The van der Waals surface area contributed by atoms with Crippen LogP contribution >= 0.6 is 0 Å². The van der Waals surface area contributed by atoms with Crippen LogP contribution in [0.15, 0.2) is 18.2 Å². The maximum absolute atomic E-state index is 13.1. The molecule has 0 atom stereocenters. The van der Waals surface area contributed by atoms with Gasteiger partial charge in [-0.05, 0) is 18.2 Å². The summed E-state index contributed by atoms with van der Waals surface area (Å²) in [5.74, 6) is -2.21. The van der Waals surface area contributed by atoms with Gasteiger partial charge in [0.05, 0.1) is 12.1 Å². The molecule has 0 spiro atoms. The minimum Gasteiger partial charge on any atom is -0.354 e. The molecule has 0 heterocycles. The number of carbonyl (C=O) groups is 1. The van der Waals surface area contributed by atoms with Gasteiger partial charge in [-0.15, -0.1) is 0 Å². The third-order valence-corrected chi connectivity index (χ3v) is 2.49. The summed E-state index contributed by atoms with van der Waals surface area (Å²) in [4.78, 5) is 11.7. The fourth-order valence-corrected chi connectivity index (χ4v) is 1.42. The van der Waals surface area contributed by atoms with Crippen molar-refractivity contribution in [3.05, 3.63) is 35.1 Å². The van der Waals surface area contributed by atoms with E-state index in [2.05, 4.69) is 5.32 Å². The van der Waals surface area contributed by atoms with Crippen LogP contribution in [0.5, 0.6) is 0 Å². The molecular weight excluding hydrogens is 282 g/mol. The van der Waals surface area contributed by atoms with E-state index in [1.807, 2.05) is 0 Å². The minimum atomic E-state index is -4.86. The molecule has 0 unspecified atom stereocenters. The van der Waals surface area contributed by atoms with Crippen LogP contribution in [0.4, 0.5) is 17.6 Å². The van der Waals surface area contributed by atoms with E-state index in [-0.39, 0.29) is 12.1 Å². The van der Waals surface area contributed by atoms with Crippen molar-refractivity contribution in [3.8, 4) is 0 Å². The highest BCUT2D eigenvalue weighted by molar-refractivity contribution is 5.94. The third-order valence-electron chi connectivity index (χ3n) is 2.49. The lowest BCUT2D eigenvalue weighted by molar-refractivity contribution is -0.140. The van der Waals surface area contributed by atoms with E-state index in [1.165, 1.54) is 14.2 Å². The standard InChI is InChI=1S/C12H13F4NO3/c1-19-10(20-2)6-17-11(18)7-3-4-9(13)8(5-7)12(14,15)16/h3-5,10H,6H2,1-2H3,(H,17,18). The molecule has 1 rings (SSSR count). The van der Waals surface area contributed by atoms with E-state index in [0.717, 1.165) is 6.07 Å². The number of hydrogen-bond acceptors (Lipinski definition) is 3. The molecule has 20 heavy (non-hydrogen) atoms. The summed E-state index contributed by atoms with van der Waals surface area (Å²) in [5.41, 5.74) is -1.79. The molecule has 4 nitrogen and oxygen atoms in total. The number of halogens is 4. The number of carbonyl (C=O) groups excluding carboxylic acids is 1. The predicted octanol–water partition coefficient (Wildman–Crippen LogP) is 2.19. The predicted molar refractivity (Wildman–Crippen MR) is 61.5 cm³/mol. The van der Waals surface area contributed by atoms with Crippen molar-refractivity contribution in [2.75, 3.05) is 20.8 Å². The lowest BCUT2D eigenvalue weighted by Gasteiger charge is -2.14. The number of amides is 1. The summed E-state index contributed by atoms with van der Waals surface area (Å²) in [6, 6.07) is 2.02. The van der Waals surface area contributed by atoms with Crippen molar-refractivity contribution in [1.29, 1.82) is 0 Å². The number of rotatable bonds is 5. The van der Waals surface area contributed by atoms with Gasteiger partial charge in [-0.1, -0.05) is 0 Å². The van der Waals surface area contributed by atoms with Crippen LogP contribution < -0.4 is 5.32 Å². The monoisotopic (exact) mass is 295 g/mol. The van der Waals surface area contributed by atoms with E-state index in [1.54, 1.807) is 0 Å². The first-order valence-corrected chi connectivity index (χ1v) is 5.50. The third kappa shape index (κ3) is 4.17. The first kappa shape index (κ1) is 16.4. The van der Waals surface area contributed by atoms with E-state index in [4.69, 9.17) is 9.47 Å². The topological polar surface area (TPSA) is 47.6 Å². The molecule has 112 valence electrons. The molecule has 0 bridgehead atoms. The van der Waals surface area contributed by atoms with Crippen LogP contribution in [0.25, 0.3) is 0 Å². The van der Waals surface area contributed by atoms with Gasteiger partial charge in [0.25, 0.3) is 5.91 Å². The highest BCUT2D eigenvalue weighted by Gasteiger charge is 2.34. The maximum Gasteiger partial charge on any atom is 0.419 e. The Bertz CT molecular complexity index is 472. The second kappa shape index (κ2) is 6.67. The van der Waals surface area contributed by atoms with Gasteiger partial charge >= 0.3 is 6.18 Å². The van der Waals surface area contributed by atoms with Crippen molar-refractivity contribution < 1.29 is 31.8 Å². The second-order valence-corrected chi connectivity index (χ2v) is 3.80. The van der Waals surface area contributed by atoms with Gasteiger partial charge in [0, 0.05) is 19.8 Å². The van der Waals surface area contributed by atoms with Crippen molar-refractivity contribution in [2.45, 2.75) is 12.5 Å². The quantitative estimate of drug-likeness (QED) is 0.669. The van der Waals surface area contributed by atoms with Gasteiger partial charge in [-0.2, -0.15) is 13.2 Å². The first-order valence-electron chi connectivity index (χ1n) is 5.50. The van der Waals surface area contributed by atoms with Crippen molar-refractivity contribution >= 4 is 5.91 Å². The average Bonchev–Trinajstić information content (AvgIpc) is 2.38. The largest absolute Gasteiger partial charge is 0.419 e. The normalized spacial score (nSPS) is 11.8. The van der Waals surface area contributed by atoms with Crippen LogP contribution in [0.1, 0.15) is 15.9 Å². The Kier molecular flexibility index (Phi) is 5.46. The average molecular weight is 295 g/mol. The fraction of sp³-hybridized carbons (Fsp3) is 0.417. The number of hydrogen-bond donors (Lipinski definition) is 1. The maximum atomic E-state index is 13.1. The SMILES string of the molecule is COC(CNC(=O)c1ccc(F)c(C(F)(F)F)c1)OC. The Labute approximate surface area is 112 Å². The smallest absolute Gasteiger partial charge is 0.354 e. The summed E-state index contributed by atoms with van der Waals surface area (Å²) in [5, 5.41) is 2.32. The van der Waals surface area contributed by atoms with Crippen molar-refractivity contribution in [3.63, 3.8) is 0 Å². The molecule has 1 N–H and O–H groups in total.